The molecule has 5 nitrogen and oxygen atoms in total. The molecule has 1 aliphatic heterocycles. The fourth-order valence-electron chi connectivity index (χ4n) is 3.33. The molecule has 0 saturated carbocycles. The van der Waals surface area contributed by atoms with E-state index in [1.165, 1.54) is 18.6 Å². The minimum atomic E-state index is -0.442. The van der Waals surface area contributed by atoms with Gasteiger partial charge in [0, 0.05) is 18.8 Å². The first-order valence-corrected chi connectivity index (χ1v) is 9.77. The summed E-state index contributed by atoms with van der Waals surface area (Å²) in [4.78, 5) is 18.9. The lowest BCUT2D eigenvalue weighted by Crippen LogP contribution is -2.41. The number of halogens is 2. The Labute approximate surface area is 188 Å². The number of rotatable bonds is 6. The number of carbonyl (C=O) groups excluding carboxylic acids is 1. The van der Waals surface area contributed by atoms with Crippen molar-refractivity contribution in [1.82, 2.24) is 4.90 Å². The lowest BCUT2D eigenvalue weighted by atomic mass is 9.99. The molecule has 1 aliphatic rings. The van der Waals surface area contributed by atoms with Crippen molar-refractivity contribution in [3.05, 3.63) is 66.0 Å². The Morgan fingerprint density at radius 2 is 1.72 bits per heavy atom. The van der Waals surface area contributed by atoms with Crippen LogP contribution in [0.5, 0.6) is 0 Å². The van der Waals surface area contributed by atoms with Crippen LogP contribution < -0.4 is 11.1 Å². The molecule has 0 radical (unpaired) electrons. The number of anilines is 1. The predicted molar refractivity (Wildman–Crippen MR) is 126 cm³/mol. The van der Waals surface area contributed by atoms with Gasteiger partial charge >= 0.3 is 0 Å². The second-order valence-electron chi connectivity index (χ2n) is 7.13. The van der Waals surface area contributed by atoms with Crippen molar-refractivity contribution < 1.29 is 9.18 Å². The summed E-state index contributed by atoms with van der Waals surface area (Å²) in [6.07, 6.45) is 3.93. The number of hydrogen-bond acceptors (Lipinski definition) is 2. The third-order valence-electron chi connectivity index (χ3n) is 4.94. The maximum Gasteiger partial charge on any atom is 0.222 e. The maximum atomic E-state index is 13.1. The first-order chi connectivity index (χ1) is 13.6. The zero-order chi connectivity index (χ0) is 19.8. The Hall–Kier alpha value is -2.16. The normalized spacial score (nSPS) is 15.3. The number of primary amides is 1. The molecule has 2 aromatic carbocycles. The summed E-state index contributed by atoms with van der Waals surface area (Å²) >= 11 is 0. The standard InChI is InChI=1S/C22H27FN4O.HI/c23-19-11-9-17(10-12-19)15-18(21(24)28)16-25-22(27-13-5-2-6-14-27)26-20-7-3-1-4-8-20;/h1,3-4,7-12,18H,2,5-6,13-16H2,(H2,24,28)(H,25,26);1H. The fraction of sp³-hybridized carbons (Fsp3) is 0.364. The number of benzene rings is 2. The van der Waals surface area contributed by atoms with Crippen molar-refractivity contribution in [3.63, 3.8) is 0 Å². The Kier molecular flexibility index (Phi) is 9.37. The van der Waals surface area contributed by atoms with E-state index >= 15 is 0 Å². The molecular formula is C22H28FIN4O. The van der Waals surface area contributed by atoms with E-state index in [0.717, 1.165) is 43.1 Å². The lowest BCUT2D eigenvalue weighted by Gasteiger charge is -2.30. The van der Waals surface area contributed by atoms with Gasteiger partial charge in [0.1, 0.15) is 5.82 Å². The molecule has 3 rings (SSSR count). The van der Waals surface area contributed by atoms with Gasteiger partial charge in [-0.05, 0) is 55.5 Å². The van der Waals surface area contributed by atoms with Crippen molar-refractivity contribution in [2.45, 2.75) is 25.7 Å². The highest BCUT2D eigenvalue weighted by molar-refractivity contribution is 14.0. The fourth-order valence-corrected chi connectivity index (χ4v) is 3.33. The van der Waals surface area contributed by atoms with E-state index in [2.05, 4.69) is 10.2 Å². The van der Waals surface area contributed by atoms with Gasteiger partial charge in [0.05, 0.1) is 12.5 Å². The van der Waals surface area contributed by atoms with E-state index in [1.807, 2.05) is 30.3 Å². The number of amides is 1. The van der Waals surface area contributed by atoms with Gasteiger partial charge < -0.3 is 16.0 Å². The molecule has 1 saturated heterocycles. The quantitative estimate of drug-likeness (QED) is 0.350. The SMILES string of the molecule is I.NC(=O)C(CN=C(Nc1ccccc1)N1CCCCC1)Cc1ccc(F)cc1. The number of hydrogen-bond donors (Lipinski definition) is 2. The van der Waals surface area contributed by atoms with Crippen LogP contribution in [0.25, 0.3) is 0 Å². The van der Waals surface area contributed by atoms with Crippen LogP contribution in [0.15, 0.2) is 59.6 Å². The Balaban J connectivity index is 0.00000300. The largest absolute Gasteiger partial charge is 0.369 e. The van der Waals surface area contributed by atoms with Gasteiger partial charge in [-0.2, -0.15) is 0 Å². The Morgan fingerprint density at radius 3 is 2.34 bits per heavy atom. The highest BCUT2D eigenvalue weighted by atomic mass is 127. The number of nitrogens with two attached hydrogens (primary N) is 1. The average molecular weight is 510 g/mol. The third kappa shape index (κ3) is 7.30. The summed E-state index contributed by atoms with van der Waals surface area (Å²) in [6.45, 7) is 2.17. The number of carbonyl (C=O) groups is 1. The van der Waals surface area contributed by atoms with E-state index in [-0.39, 0.29) is 29.8 Å². The van der Waals surface area contributed by atoms with Crippen molar-refractivity contribution >= 4 is 41.5 Å². The van der Waals surface area contributed by atoms with Crippen LogP contribution in [0.3, 0.4) is 0 Å². The molecule has 1 fully saturated rings. The van der Waals surface area contributed by atoms with Crippen LogP contribution in [-0.2, 0) is 11.2 Å². The molecule has 7 heteroatoms. The Morgan fingerprint density at radius 1 is 1.07 bits per heavy atom. The number of piperidine rings is 1. The predicted octanol–water partition coefficient (Wildman–Crippen LogP) is 4.04. The molecule has 2 aromatic rings. The number of likely N-dealkylation sites (tertiary alicyclic amines) is 1. The highest BCUT2D eigenvalue weighted by Crippen LogP contribution is 2.15. The number of guanidine groups is 1. The van der Waals surface area contributed by atoms with Crippen molar-refractivity contribution in [2.24, 2.45) is 16.6 Å². The van der Waals surface area contributed by atoms with Gasteiger partial charge in [0.25, 0.3) is 0 Å². The molecule has 156 valence electrons. The van der Waals surface area contributed by atoms with Gasteiger partial charge in [-0.15, -0.1) is 24.0 Å². The van der Waals surface area contributed by atoms with Crippen LogP contribution in [0.4, 0.5) is 10.1 Å². The van der Waals surface area contributed by atoms with Gasteiger partial charge in [0.15, 0.2) is 5.96 Å². The molecular weight excluding hydrogens is 482 g/mol. The molecule has 0 aliphatic carbocycles. The molecule has 0 aromatic heterocycles. The van der Waals surface area contributed by atoms with Gasteiger partial charge in [-0.1, -0.05) is 30.3 Å². The smallest absolute Gasteiger partial charge is 0.222 e. The summed E-state index contributed by atoms with van der Waals surface area (Å²) in [5.41, 5.74) is 7.45. The van der Waals surface area contributed by atoms with E-state index < -0.39 is 11.8 Å². The zero-order valence-electron chi connectivity index (χ0n) is 16.4. The summed E-state index contributed by atoms with van der Waals surface area (Å²) in [5, 5.41) is 3.39. The summed E-state index contributed by atoms with van der Waals surface area (Å²) in [7, 11) is 0. The first-order valence-electron chi connectivity index (χ1n) is 9.77. The summed E-state index contributed by atoms with van der Waals surface area (Å²) in [6, 6.07) is 16.0. The molecule has 3 N–H and O–H groups in total. The first kappa shape index (κ1) is 23.1. The molecule has 0 bridgehead atoms. The molecule has 1 heterocycles. The number of nitrogens with one attached hydrogen (secondary N) is 1. The molecule has 1 unspecified atom stereocenters. The second-order valence-corrected chi connectivity index (χ2v) is 7.13. The maximum absolute atomic E-state index is 13.1. The van der Waals surface area contributed by atoms with Gasteiger partial charge in [0.2, 0.25) is 5.91 Å². The average Bonchev–Trinajstić information content (AvgIpc) is 2.72. The van der Waals surface area contributed by atoms with Crippen LogP contribution >= 0.6 is 24.0 Å². The summed E-state index contributed by atoms with van der Waals surface area (Å²) in [5.74, 6) is -0.360. The van der Waals surface area contributed by atoms with E-state index in [1.54, 1.807) is 12.1 Å². The monoisotopic (exact) mass is 510 g/mol. The zero-order valence-corrected chi connectivity index (χ0v) is 18.7. The van der Waals surface area contributed by atoms with E-state index in [0.29, 0.717) is 13.0 Å². The Bertz CT molecular complexity index is 792. The van der Waals surface area contributed by atoms with Gasteiger partial charge in [-0.3, -0.25) is 9.79 Å². The molecule has 29 heavy (non-hydrogen) atoms. The minimum absolute atomic E-state index is 0. The number of nitrogens with zero attached hydrogens (tertiary/aromatic N) is 2. The lowest BCUT2D eigenvalue weighted by molar-refractivity contribution is -0.121. The van der Waals surface area contributed by atoms with Crippen molar-refractivity contribution in [3.8, 4) is 0 Å². The van der Waals surface area contributed by atoms with Crippen LogP contribution in [0.1, 0.15) is 24.8 Å². The van der Waals surface area contributed by atoms with E-state index in [4.69, 9.17) is 10.7 Å². The third-order valence-corrected chi connectivity index (χ3v) is 4.94. The number of para-hydroxylation sites is 1. The second kappa shape index (κ2) is 11.7. The van der Waals surface area contributed by atoms with Crippen molar-refractivity contribution in [1.29, 1.82) is 0 Å². The molecule has 1 amide bonds. The van der Waals surface area contributed by atoms with Crippen LogP contribution in [-0.4, -0.2) is 36.4 Å². The highest BCUT2D eigenvalue weighted by Gasteiger charge is 2.19. The summed E-state index contributed by atoms with van der Waals surface area (Å²) < 4.78 is 13.1. The molecule has 1 atom stereocenters. The van der Waals surface area contributed by atoms with Gasteiger partial charge in [-0.25, -0.2) is 4.39 Å². The minimum Gasteiger partial charge on any atom is -0.369 e. The number of aliphatic imine (C=N–C) groups is 1. The van der Waals surface area contributed by atoms with E-state index in [9.17, 15) is 9.18 Å². The van der Waals surface area contributed by atoms with Crippen LogP contribution in [0, 0.1) is 11.7 Å². The topological polar surface area (TPSA) is 70.7 Å². The van der Waals surface area contributed by atoms with Crippen LogP contribution in [0.2, 0.25) is 0 Å². The molecule has 0 spiro atoms. The van der Waals surface area contributed by atoms with Crippen molar-refractivity contribution in [2.75, 3.05) is 25.0 Å².